The molecule has 17 nitrogen and oxygen atoms in total. The molecule has 11 N–H and O–H groups in total. The quantitative estimate of drug-likeness (QED) is 0.0293. The predicted molar refractivity (Wildman–Crippen MR) is 330 cm³/mol. The molecule has 6 aromatic carbocycles. The summed E-state index contributed by atoms with van der Waals surface area (Å²) >= 11 is 18.8. The molecule has 0 amide bonds. The highest BCUT2D eigenvalue weighted by atomic mass is 35.5. The summed E-state index contributed by atoms with van der Waals surface area (Å²) in [6, 6.07) is 38.4. The Morgan fingerprint density at radius 3 is 1.53 bits per heavy atom. The van der Waals surface area contributed by atoms with Crippen molar-refractivity contribution in [2.24, 2.45) is 17.2 Å². The fraction of sp³-hybridized carbons (Fsp3) is 0.292. The predicted octanol–water partition coefficient (Wildman–Crippen LogP) is 11.8. The molecule has 20 heteroatoms. The van der Waals surface area contributed by atoms with Gasteiger partial charge >= 0.3 is 0 Å². The number of aliphatic hydroxyl groups excluding tert-OH is 5. The summed E-state index contributed by atoms with van der Waals surface area (Å²) in [6.45, 7) is 6.18. The third kappa shape index (κ3) is 15.9. The largest absolute Gasteiger partial charge is 0.492 e. The van der Waals surface area contributed by atoms with Gasteiger partial charge in [-0.05, 0) is 158 Å². The molecule has 0 bridgehead atoms. The van der Waals surface area contributed by atoms with Crippen molar-refractivity contribution in [3.63, 3.8) is 0 Å². The van der Waals surface area contributed by atoms with E-state index in [2.05, 4.69) is 28.9 Å². The first-order chi connectivity index (χ1) is 41.1. The van der Waals surface area contributed by atoms with E-state index in [1.807, 2.05) is 98.8 Å². The number of rotatable bonds is 22. The fourth-order valence-electron chi connectivity index (χ4n) is 8.54. The first-order valence-corrected chi connectivity index (χ1v) is 28.8. The van der Waals surface area contributed by atoms with Gasteiger partial charge in [-0.2, -0.15) is 4.98 Å². The number of halogens is 3. The van der Waals surface area contributed by atoms with Gasteiger partial charge in [0.25, 0.3) is 5.89 Å². The molecule has 1 unspecified atom stereocenters. The summed E-state index contributed by atoms with van der Waals surface area (Å²) in [4.78, 5) is 4.48. The molecule has 4 aromatic heterocycles. The maximum atomic E-state index is 9.45. The number of aliphatic hydroxyl groups is 5. The number of fused-ring (bicyclic) bond motifs is 3. The van der Waals surface area contributed by atoms with Crippen molar-refractivity contribution in [2.75, 3.05) is 52.9 Å². The molecule has 1 atom stereocenters. The molecule has 0 aliphatic carbocycles. The van der Waals surface area contributed by atoms with Crippen LogP contribution in [0.1, 0.15) is 85.6 Å². The second-order valence-electron chi connectivity index (χ2n) is 20.3. The molecule has 0 saturated carbocycles. The number of aromatic nitrogens is 2. The minimum Gasteiger partial charge on any atom is -0.492 e. The lowest BCUT2D eigenvalue weighted by molar-refractivity contribution is 0.105. The van der Waals surface area contributed by atoms with Crippen molar-refractivity contribution in [1.29, 1.82) is 0 Å². The maximum absolute atomic E-state index is 9.45. The molecule has 0 fully saturated rings. The molecule has 446 valence electrons. The Labute approximate surface area is 506 Å². The van der Waals surface area contributed by atoms with Crippen molar-refractivity contribution in [1.82, 2.24) is 10.1 Å². The molecule has 85 heavy (non-hydrogen) atoms. The Bertz CT molecular complexity index is 3890. The van der Waals surface area contributed by atoms with Gasteiger partial charge in [-0.15, -0.1) is 0 Å². The summed E-state index contributed by atoms with van der Waals surface area (Å²) < 4.78 is 39.2. The second kappa shape index (κ2) is 29.6. The molecule has 0 aliphatic heterocycles. The minimum absolute atomic E-state index is 0.189. The van der Waals surface area contributed by atoms with Gasteiger partial charge in [0.05, 0.1) is 74.0 Å². The Balaban J connectivity index is 0.000000166. The van der Waals surface area contributed by atoms with Crippen molar-refractivity contribution in [3.05, 3.63) is 182 Å². The van der Waals surface area contributed by atoms with E-state index in [9.17, 15) is 25.5 Å². The number of benzene rings is 6. The van der Waals surface area contributed by atoms with Crippen LogP contribution < -0.4 is 31.4 Å². The van der Waals surface area contributed by atoms with Crippen LogP contribution in [0.25, 0.3) is 55.7 Å². The van der Waals surface area contributed by atoms with Crippen molar-refractivity contribution in [2.45, 2.75) is 70.0 Å². The first kappa shape index (κ1) is 63.6. The normalized spacial score (nSPS) is 11.9. The lowest BCUT2D eigenvalue weighted by atomic mass is 9.99. The average molecular weight is 1220 g/mol. The Morgan fingerprint density at radius 2 is 0.976 bits per heavy atom. The molecular weight excluding hydrogens is 1150 g/mol. The molecule has 0 aliphatic rings. The van der Waals surface area contributed by atoms with E-state index in [-0.39, 0.29) is 6.61 Å². The summed E-state index contributed by atoms with van der Waals surface area (Å²) in [6.07, 6.45) is 4.45. The highest BCUT2D eigenvalue weighted by Crippen LogP contribution is 2.34. The summed E-state index contributed by atoms with van der Waals surface area (Å²) in [7, 11) is 0. The standard InChI is InChI=1S/C22H26ClNO4.C22H22ClNO4.C21H20ClN3O4/c2*1-2-9-27-20-8-6-16(11-18(20)23)4-3-15-5-7-19-17(10-15)12-21(28-19)22(24,13-25)14-26;1-2-7-27-18-6-4-13(9-15(18)22)21-24-20(25-29-21)12-3-5-17-14(8-12)10-19(28-17)16(23)11-26/h5-8,10-12,25-26H,2-4,9,13-14,24H2,1H3;5-8,10-12,25-26H,2,9,13-14,24H2,1H3;3-6,8-10,16,26H,2,7,11,23H2,1H3. The Morgan fingerprint density at radius 1 is 0.518 bits per heavy atom. The zero-order valence-corrected chi connectivity index (χ0v) is 49.5. The number of aryl methyl sites for hydroxylation is 2. The lowest BCUT2D eigenvalue weighted by Gasteiger charge is -2.21. The van der Waals surface area contributed by atoms with Crippen LogP contribution >= 0.6 is 34.8 Å². The number of hydrogen-bond donors (Lipinski definition) is 8. The Hall–Kier alpha value is -7.41. The average Bonchev–Trinajstić information content (AvgIpc) is 4.32. The van der Waals surface area contributed by atoms with Gasteiger partial charge < -0.3 is 74.7 Å². The van der Waals surface area contributed by atoms with E-state index < -0.39 is 43.5 Å². The van der Waals surface area contributed by atoms with Crippen molar-refractivity contribution < 1.29 is 57.5 Å². The fourth-order valence-corrected chi connectivity index (χ4v) is 9.27. The van der Waals surface area contributed by atoms with Crippen LogP contribution in [0.4, 0.5) is 0 Å². The van der Waals surface area contributed by atoms with Crippen LogP contribution in [0.5, 0.6) is 17.2 Å². The Kier molecular flexibility index (Phi) is 22.2. The third-order valence-electron chi connectivity index (χ3n) is 13.5. The molecule has 10 aromatic rings. The van der Waals surface area contributed by atoms with E-state index >= 15 is 0 Å². The summed E-state index contributed by atoms with van der Waals surface area (Å²) in [5.41, 5.74) is 22.5. The topological polar surface area (TPSA) is 285 Å². The van der Waals surface area contributed by atoms with E-state index in [1.54, 1.807) is 42.5 Å². The molecule has 4 heterocycles. The number of furan rings is 3. The number of nitrogens with two attached hydrogens (primary N) is 3. The van der Waals surface area contributed by atoms with Gasteiger partial charge in [0, 0.05) is 38.4 Å². The zero-order chi connectivity index (χ0) is 60.7. The first-order valence-electron chi connectivity index (χ1n) is 27.7. The minimum atomic E-state index is -1.32. The summed E-state index contributed by atoms with van der Waals surface area (Å²) in [5.74, 6) is 10.2. The second-order valence-corrected chi connectivity index (χ2v) is 21.5. The van der Waals surface area contributed by atoms with Crippen LogP contribution in [0.3, 0.4) is 0 Å². The highest BCUT2D eigenvalue weighted by Gasteiger charge is 2.31. The van der Waals surface area contributed by atoms with Gasteiger partial charge in [-0.1, -0.05) is 84.7 Å². The van der Waals surface area contributed by atoms with Gasteiger partial charge in [0.15, 0.2) is 0 Å². The number of nitrogens with zero attached hydrogens (tertiary/aromatic N) is 2. The monoisotopic (exact) mass is 1220 g/mol. The maximum Gasteiger partial charge on any atom is 0.258 e. The lowest BCUT2D eigenvalue weighted by Crippen LogP contribution is -2.43. The van der Waals surface area contributed by atoms with Gasteiger partial charge in [0.1, 0.15) is 62.4 Å². The van der Waals surface area contributed by atoms with Crippen molar-refractivity contribution in [3.8, 4) is 51.9 Å². The van der Waals surface area contributed by atoms with Gasteiger partial charge in [-0.3, -0.25) is 0 Å². The number of hydrogen-bond acceptors (Lipinski definition) is 17. The van der Waals surface area contributed by atoms with Crippen LogP contribution in [-0.2, 0) is 23.9 Å². The van der Waals surface area contributed by atoms with Gasteiger partial charge in [0.2, 0.25) is 5.82 Å². The zero-order valence-electron chi connectivity index (χ0n) is 47.2. The summed E-state index contributed by atoms with van der Waals surface area (Å²) in [5, 5.41) is 55.2. The molecular formula is C65H68Cl3N5O12. The van der Waals surface area contributed by atoms with E-state index in [1.165, 1.54) is 0 Å². The van der Waals surface area contributed by atoms with Crippen LogP contribution in [-0.4, -0.2) is 88.5 Å². The van der Waals surface area contributed by atoms with Crippen LogP contribution in [0.2, 0.25) is 15.1 Å². The SMILES string of the molecule is CCCOc1ccc(-c2nc(-c3ccc4oc(C(N)CO)cc4c3)no2)cc1Cl.CCCOc1ccc(C#Cc2ccc3oc(C(N)(CO)CO)cc3c2)cc1Cl.CCCOc1ccc(CCc2ccc3oc(C(N)(CO)CO)cc3c2)cc1Cl. The number of ether oxygens (including phenoxy) is 3. The van der Waals surface area contributed by atoms with Crippen LogP contribution in [0, 0.1) is 11.8 Å². The van der Waals surface area contributed by atoms with Crippen molar-refractivity contribution >= 4 is 67.7 Å². The molecule has 0 radical (unpaired) electrons. The molecule has 0 saturated heterocycles. The van der Waals surface area contributed by atoms with Crippen LogP contribution in [0.15, 0.2) is 145 Å². The van der Waals surface area contributed by atoms with E-state index in [0.717, 1.165) is 81.8 Å². The highest BCUT2D eigenvalue weighted by molar-refractivity contribution is 6.32. The van der Waals surface area contributed by atoms with E-state index in [4.69, 9.17) is 84.0 Å². The van der Waals surface area contributed by atoms with E-state index in [0.29, 0.717) is 97.7 Å². The molecule has 0 spiro atoms. The molecule has 10 rings (SSSR count). The smallest absolute Gasteiger partial charge is 0.258 e. The van der Waals surface area contributed by atoms with Gasteiger partial charge in [-0.25, -0.2) is 0 Å². The third-order valence-corrected chi connectivity index (χ3v) is 14.4.